The quantitative estimate of drug-likeness (QED) is 0.610. The third kappa shape index (κ3) is 4.33. The minimum Gasteiger partial charge on any atom is -0.381 e. The molecule has 1 aliphatic carbocycles. The van der Waals surface area contributed by atoms with Crippen molar-refractivity contribution < 1.29 is 19.1 Å². The summed E-state index contributed by atoms with van der Waals surface area (Å²) in [6, 6.07) is 6.57. The highest BCUT2D eigenvalue weighted by Gasteiger charge is 2.47. The summed E-state index contributed by atoms with van der Waals surface area (Å²) in [7, 11) is 1.71. The van der Waals surface area contributed by atoms with Crippen LogP contribution in [0.15, 0.2) is 30.5 Å². The van der Waals surface area contributed by atoms with E-state index in [9.17, 15) is 14.4 Å². The van der Waals surface area contributed by atoms with Gasteiger partial charge >= 0.3 is 0 Å². The summed E-state index contributed by atoms with van der Waals surface area (Å²) in [6.45, 7) is 3.27. The van der Waals surface area contributed by atoms with Crippen LogP contribution in [0.1, 0.15) is 61.5 Å². The summed E-state index contributed by atoms with van der Waals surface area (Å²) in [5.74, 6) is -0.203. The van der Waals surface area contributed by atoms with E-state index < -0.39 is 11.5 Å². The molecule has 3 N–H and O–H groups in total. The fraction of sp³-hybridized carbons (Fsp3) is 0.538. The second kappa shape index (κ2) is 9.45. The van der Waals surface area contributed by atoms with E-state index in [1.807, 2.05) is 18.2 Å². The van der Waals surface area contributed by atoms with Gasteiger partial charge in [-0.2, -0.15) is 5.10 Å². The number of carbonyl (C=O) groups is 3. The Balaban J connectivity index is 1.37. The topological polar surface area (TPSA) is 114 Å². The molecule has 9 nitrogen and oxygen atoms in total. The van der Waals surface area contributed by atoms with E-state index in [4.69, 9.17) is 4.74 Å². The molecule has 0 radical (unpaired) electrons. The van der Waals surface area contributed by atoms with Crippen molar-refractivity contribution in [3.63, 3.8) is 0 Å². The second-order valence-corrected chi connectivity index (χ2v) is 10.1. The number of fused-ring (bicyclic) bond motifs is 2. The summed E-state index contributed by atoms with van der Waals surface area (Å²) in [5, 5.41) is 13.1. The SMILES string of the molecule is CC1CCCCC1C(NC(=O)c1ccnn1C)C(=O)Nc1ccc2c(c1)NC(=O)C21CCOCC1. The number of carbonyl (C=O) groups excluding carboxylic acids is 3. The first-order valence-electron chi connectivity index (χ1n) is 12.5. The van der Waals surface area contributed by atoms with Gasteiger partial charge in [0.15, 0.2) is 0 Å². The maximum atomic E-state index is 13.6. The Labute approximate surface area is 205 Å². The Morgan fingerprint density at radius 3 is 2.69 bits per heavy atom. The zero-order valence-corrected chi connectivity index (χ0v) is 20.3. The van der Waals surface area contributed by atoms with Gasteiger partial charge in [0.05, 0.1) is 5.41 Å². The van der Waals surface area contributed by atoms with Gasteiger partial charge < -0.3 is 20.7 Å². The van der Waals surface area contributed by atoms with Crippen molar-refractivity contribution in [3.05, 3.63) is 41.7 Å². The van der Waals surface area contributed by atoms with Gasteiger partial charge in [-0.25, -0.2) is 0 Å². The summed E-state index contributed by atoms with van der Waals surface area (Å²) in [4.78, 5) is 39.4. The number of benzene rings is 1. The predicted molar refractivity (Wildman–Crippen MR) is 131 cm³/mol. The number of hydrogen-bond donors (Lipinski definition) is 3. The molecule has 5 rings (SSSR count). The fourth-order valence-electron chi connectivity index (χ4n) is 5.96. The summed E-state index contributed by atoms with van der Waals surface area (Å²) < 4.78 is 6.98. The number of nitrogens with zero attached hydrogens (tertiary/aromatic N) is 2. The van der Waals surface area contributed by atoms with E-state index in [0.717, 1.165) is 36.9 Å². The van der Waals surface area contributed by atoms with Crippen LogP contribution >= 0.6 is 0 Å². The van der Waals surface area contributed by atoms with Crippen molar-refractivity contribution in [2.75, 3.05) is 23.8 Å². The molecule has 1 spiro atoms. The first-order valence-corrected chi connectivity index (χ1v) is 12.5. The molecule has 0 bridgehead atoms. The van der Waals surface area contributed by atoms with Gasteiger partial charge in [0, 0.05) is 37.8 Å². The van der Waals surface area contributed by atoms with Crippen molar-refractivity contribution in [1.29, 1.82) is 0 Å². The molecule has 186 valence electrons. The summed E-state index contributed by atoms with van der Waals surface area (Å²) in [6.07, 6.45) is 6.97. The molecule has 2 fully saturated rings. The molecule has 3 amide bonds. The van der Waals surface area contributed by atoms with E-state index in [1.165, 1.54) is 4.68 Å². The first-order chi connectivity index (χ1) is 16.9. The van der Waals surface area contributed by atoms with Crippen LogP contribution in [0.5, 0.6) is 0 Å². The fourth-order valence-corrected chi connectivity index (χ4v) is 5.96. The normalized spacial score (nSPS) is 23.9. The molecule has 3 unspecified atom stereocenters. The molecular formula is C26H33N5O4. The number of nitrogens with one attached hydrogen (secondary N) is 3. The maximum Gasteiger partial charge on any atom is 0.270 e. The zero-order valence-electron chi connectivity index (χ0n) is 20.3. The molecule has 1 aromatic carbocycles. The van der Waals surface area contributed by atoms with Gasteiger partial charge in [-0.15, -0.1) is 0 Å². The molecule has 1 saturated carbocycles. The Hall–Kier alpha value is -3.20. The predicted octanol–water partition coefficient (Wildman–Crippen LogP) is 2.98. The van der Waals surface area contributed by atoms with Crippen molar-refractivity contribution >= 4 is 29.1 Å². The molecule has 1 saturated heterocycles. The smallest absolute Gasteiger partial charge is 0.270 e. The average molecular weight is 480 g/mol. The van der Waals surface area contributed by atoms with Crippen molar-refractivity contribution in [3.8, 4) is 0 Å². The zero-order chi connectivity index (χ0) is 24.6. The van der Waals surface area contributed by atoms with E-state index in [1.54, 1.807) is 19.3 Å². The number of anilines is 2. The number of hydrogen-bond acceptors (Lipinski definition) is 5. The largest absolute Gasteiger partial charge is 0.381 e. The number of ether oxygens (including phenoxy) is 1. The highest BCUT2D eigenvalue weighted by atomic mass is 16.5. The van der Waals surface area contributed by atoms with Crippen LogP contribution in [0.4, 0.5) is 11.4 Å². The molecule has 35 heavy (non-hydrogen) atoms. The van der Waals surface area contributed by atoms with Crippen molar-refractivity contribution in [1.82, 2.24) is 15.1 Å². The van der Waals surface area contributed by atoms with E-state index in [0.29, 0.717) is 43.4 Å². The van der Waals surface area contributed by atoms with Crippen LogP contribution in [0.3, 0.4) is 0 Å². The van der Waals surface area contributed by atoms with Crippen LogP contribution in [-0.4, -0.2) is 46.8 Å². The van der Waals surface area contributed by atoms with Crippen LogP contribution in [0, 0.1) is 11.8 Å². The molecule has 9 heteroatoms. The molecule has 3 heterocycles. The lowest BCUT2D eigenvalue weighted by Crippen LogP contribution is -2.51. The Bertz CT molecular complexity index is 1140. The Morgan fingerprint density at radius 1 is 1.20 bits per heavy atom. The minimum atomic E-state index is -0.669. The lowest BCUT2D eigenvalue weighted by molar-refractivity contribution is -0.124. The van der Waals surface area contributed by atoms with E-state index in [2.05, 4.69) is 28.0 Å². The van der Waals surface area contributed by atoms with Crippen molar-refractivity contribution in [2.24, 2.45) is 18.9 Å². The number of aryl methyl sites for hydroxylation is 1. The highest BCUT2D eigenvalue weighted by molar-refractivity contribution is 6.07. The second-order valence-electron chi connectivity index (χ2n) is 10.1. The molecule has 1 aromatic heterocycles. The lowest BCUT2D eigenvalue weighted by atomic mass is 9.75. The lowest BCUT2D eigenvalue weighted by Gasteiger charge is -2.35. The average Bonchev–Trinajstić information content (AvgIpc) is 3.39. The third-order valence-electron chi connectivity index (χ3n) is 8.06. The molecular weight excluding hydrogens is 446 g/mol. The van der Waals surface area contributed by atoms with Gasteiger partial charge in [-0.05, 0) is 54.9 Å². The standard InChI is InChI=1S/C26H33N5O4/c1-16-5-3-4-6-18(16)22(30-23(32)21-9-12-27-31(21)2)24(33)28-17-7-8-19-20(15-17)29-25(34)26(19)10-13-35-14-11-26/h7-9,12,15-16,18,22H,3-6,10-11,13-14H2,1-2H3,(H,28,33)(H,29,34)(H,30,32). The third-order valence-corrected chi connectivity index (χ3v) is 8.06. The molecule has 2 aromatic rings. The van der Waals surface area contributed by atoms with E-state index in [-0.39, 0.29) is 23.6 Å². The summed E-state index contributed by atoms with van der Waals surface area (Å²) >= 11 is 0. The molecule has 2 aliphatic heterocycles. The monoisotopic (exact) mass is 479 g/mol. The number of aromatic nitrogens is 2. The summed E-state index contributed by atoms with van der Waals surface area (Å²) in [5.41, 5.74) is 2.16. The molecule has 3 aliphatic rings. The Morgan fingerprint density at radius 2 is 1.97 bits per heavy atom. The van der Waals surface area contributed by atoms with Crippen molar-refractivity contribution in [2.45, 2.75) is 56.9 Å². The van der Waals surface area contributed by atoms with Crippen LogP contribution < -0.4 is 16.0 Å². The van der Waals surface area contributed by atoms with Gasteiger partial charge in [-0.3, -0.25) is 19.1 Å². The number of rotatable bonds is 5. The van der Waals surface area contributed by atoms with E-state index >= 15 is 0 Å². The van der Waals surface area contributed by atoms with Gasteiger partial charge in [0.1, 0.15) is 11.7 Å². The van der Waals surface area contributed by atoms with Crippen LogP contribution in [-0.2, 0) is 26.8 Å². The van der Waals surface area contributed by atoms with Gasteiger partial charge in [0.25, 0.3) is 5.91 Å². The maximum absolute atomic E-state index is 13.6. The van der Waals surface area contributed by atoms with Gasteiger partial charge in [0.2, 0.25) is 11.8 Å². The highest BCUT2D eigenvalue weighted by Crippen LogP contribution is 2.45. The van der Waals surface area contributed by atoms with Crippen LogP contribution in [0.25, 0.3) is 0 Å². The molecule has 3 atom stereocenters. The van der Waals surface area contributed by atoms with Gasteiger partial charge in [-0.1, -0.05) is 32.3 Å². The van der Waals surface area contributed by atoms with Crippen LogP contribution in [0.2, 0.25) is 0 Å². The minimum absolute atomic E-state index is 0.00313. The number of amides is 3. The first kappa shape index (κ1) is 23.5. The Kier molecular flexibility index (Phi) is 6.35.